The summed E-state index contributed by atoms with van der Waals surface area (Å²) in [4.78, 5) is 2.39. The molecule has 0 aromatic heterocycles. The second-order valence-corrected chi connectivity index (χ2v) is 5.11. The molecule has 5 heteroatoms. The lowest BCUT2D eigenvalue weighted by molar-refractivity contribution is 0.322. The van der Waals surface area contributed by atoms with E-state index in [4.69, 9.17) is 0 Å². The number of likely N-dealkylation sites (N-methyl/N-ethyl adjacent to an activating group) is 1. The van der Waals surface area contributed by atoms with Crippen LogP contribution in [0.5, 0.6) is 0 Å². The van der Waals surface area contributed by atoms with Crippen molar-refractivity contribution < 1.29 is 4.39 Å². The molecule has 1 aliphatic heterocycles. The normalized spacial score (nSPS) is 20.3. The number of halogens is 3. The Morgan fingerprint density at radius 1 is 1.53 bits per heavy atom. The predicted octanol–water partition coefficient (Wildman–Crippen LogP) is 2.80. The molecule has 0 radical (unpaired) electrons. The number of rotatable bonds is 3. The topological polar surface area (TPSA) is 15.3 Å². The largest absolute Gasteiger partial charge is 0.316 e. The van der Waals surface area contributed by atoms with E-state index < -0.39 is 0 Å². The van der Waals surface area contributed by atoms with Crippen LogP contribution < -0.4 is 5.32 Å². The molecule has 0 bridgehead atoms. The number of hydrogen-bond acceptors (Lipinski definition) is 2. The van der Waals surface area contributed by atoms with Crippen LogP contribution in [-0.2, 0) is 6.54 Å². The summed E-state index contributed by atoms with van der Waals surface area (Å²) in [6.07, 6.45) is 1.19. The zero-order valence-corrected chi connectivity index (χ0v) is 12.2. The molecule has 1 aromatic rings. The van der Waals surface area contributed by atoms with Gasteiger partial charge in [0.2, 0.25) is 0 Å². The van der Waals surface area contributed by atoms with Gasteiger partial charge in [-0.05, 0) is 47.1 Å². The second-order valence-electron chi connectivity index (χ2n) is 4.26. The summed E-state index contributed by atoms with van der Waals surface area (Å²) >= 11 is 3.22. The molecular weight excluding hydrogens is 307 g/mol. The van der Waals surface area contributed by atoms with Crippen LogP contribution >= 0.6 is 28.3 Å². The fourth-order valence-electron chi connectivity index (χ4n) is 2.11. The van der Waals surface area contributed by atoms with Crippen molar-refractivity contribution >= 4 is 28.3 Å². The van der Waals surface area contributed by atoms with Crippen molar-refractivity contribution in [2.24, 2.45) is 0 Å². The first-order valence-corrected chi connectivity index (χ1v) is 6.32. The van der Waals surface area contributed by atoms with Crippen LogP contribution in [0.25, 0.3) is 0 Å². The summed E-state index contributed by atoms with van der Waals surface area (Å²) < 4.78 is 13.6. The van der Waals surface area contributed by atoms with Gasteiger partial charge in [0.1, 0.15) is 5.82 Å². The third-order valence-electron chi connectivity index (χ3n) is 3.07. The fraction of sp³-hybridized carbons (Fsp3) is 0.500. The fourth-order valence-corrected chi connectivity index (χ4v) is 2.53. The van der Waals surface area contributed by atoms with Gasteiger partial charge in [-0.2, -0.15) is 0 Å². The first-order valence-electron chi connectivity index (χ1n) is 5.52. The Balaban J connectivity index is 0.00000144. The Kier molecular flexibility index (Phi) is 5.86. The van der Waals surface area contributed by atoms with Crippen LogP contribution in [0.2, 0.25) is 0 Å². The number of nitrogens with one attached hydrogen (secondary N) is 1. The van der Waals surface area contributed by atoms with Gasteiger partial charge in [0.15, 0.2) is 0 Å². The molecule has 96 valence electrons. The van der Waals surface area contributed by atoms with Gasteiger partial charge in [-0.1, -0.05) is 6.07 Å². The van der Waals surface area contributed by atoms with Gasteiger partial charge in [0.25, 0.3) is 0 Å². The molecule has 1 aromatic carbocycles. The maximum atomic E-state index is 13.1. The van der Waals surface area contributed by atoms with Gasteiger partial charge >= 0.3 is 0 Å². The minimum absolute atomic E-state index is 0. The third-order valence-corrected chi connectivity index (χ3v) is 3.68. The average molecular weight is 324 g/mol. The molecule has 1 aliphatic rings. The average Bonchev–Trinajstić information content (AvgIpc) is 2.71. The molecule has 0 aliphatic carbocycles. The van der Waals surface area contributed by atoms with Crippen LogP contribution in [0.15, 0.2) is 22.7 Å². The summed E-state index contributed by atoms with van der Waals surface area (Å²) in [5.74, 6) is -0.196. The number of hydrogen-bond donors (Lipinski definition) is 1. The number of nitrogens with zero attached hydrogens (tertiary/aromatic N) is 1. The highest BCUT2D eigenvalue weighted by atomic mass is 79.9. The van der Waals surface area contributed by atoms with E-state index in [0.717, 1.165) is 25.2 Å². The van der Waals surface area contributed by atoms with Gasteiger partial charge in [-0.15, -0.1) is 12.4 Å². The maximum absolute atomic E-state index is 13.1. The Labute approximate surface area is 116 Å². The Morgan fingerprint density at radius 2 is 2.29 bits per heavy atom. The van der Waals surface area contributed by atoms with Crippen molar-refractivity contribution in [1.82, 2.24) is 10.2 Å². The van der Waals surface area contributed by atoms with Crippen molar-refractivity contribution in [3.63, 3.8) is 0 Å². The summed E-state index contributed by atoms with van der Waals surface area (Å²) in [6, 6.07) is 5.84. The Bertz CT molecular complexity index is 376. The highest BCUT2D eigenvalue weighted by molar-refractivity contribution is 9.10. The monoisotopic (exact) mass is 322 g/mol. The minimum Gasteiger partial charge on any atom is -0.316 e. The van der Waals surface area contributed by atoms with Crippen molar-refractivity contribution in [3.05, 3.63) is 34.1 Å². The Morgan fingerprint density at radius 3 is 2.88 bits per heavy atom. The van der Waals surface area contributed by atoms with E-state index in [2.05, 4.69) is 26.1 Å². The van der Waals surface area contributed by atoms with Gasteiger partial charge in [0, 0.05) is 25.7 Å². The molecule has 1 unspecified atom stereocenters. The first-order chi connectivity index (χ1) is 7.69. The second kappa shape index (κ2) is 6.69. The van der Waals surface area contributed by atoms with Gasteiger partial charge in [-0.25, -0.2) is 4.39 Å². The molecule has 1 N–H and O–H groups in total. The lowest BCUT2D eigenvalue weighted by atomic mass is 10.2. The van der Waals surface area contributed by atoms with E-state index >= 15 is 0 Å². The van der Waals surface area contributed by atoms with Gasteiger partial charge in [-0.3, -0.25) is 4.90 Å². The first kappa shape index (κ1) is 14.9. The summed E-state index contributed by atoms with van der Waals surface area (Å²) in [7, 11) is 2.00. The molecule has 1 atom stereocenters. The highest BCUT2D eigenvalue weighted by Crippen LogP contribution is 2.19. The van der Waals surface area contributed by atoms with E-state index in [9.17, 15) is 4.39 Å². The number of benzene rings is 1. The van der Waals surface area contributed by atoms with Crippen LogP contribution in [-0.4, -0.2) is 31.1 Å². The highest BCUT2D eigenvalue weighted by Gasteiger charge is 2.20. The van der Waals surface area contributed by atoms with Crippen LogP contribution in [0.4, 0.5) is 4.39 Å². The van der Waals surface area contributed by atoms with Crippen LogP contribution in [0, 0.1) is 5.82 Å². The quantitative estimate of drug-likeness (QED) is 0.920. The molecule has 0 spiro atoms. The third kappa shape index (κ3) is 3.91. The summed E-state index contributed by atoms with van der Waals surface area (Å²) in [5.41, 5.74) is 1.16. The molecule has 0 amide bonds. The number of likely N-dealkylation sites (tertiary alicyclic amines) is 1. The van der Waals surface area contributed by atoms with E-state index in [1.807, 2.05) is 19.2 Å². The van der Waals surface area contributed by atoms with E-state index in [1.165, 1.54) is 12.5 Å². The minimum atomic E-state index is -0.196. The molecule has 2 nitrogen and oxygen atoms in total. The Hall–Kier alpha value is -0.160. The predicted molar refractivity (Wildman–Crippen MR) is 74.1 cm³/mol. The maximum Gasteiger partial charge on any atom is 0.137 e. The van der Waals surface area contributed by atoms with E-state index in [1.54, 1.807) is 0 Å². The van der Waals surface area contributed by atoms with Crippen LogP contribution in [0.3, 0.4) is 0 Å². The van der Waals surface area contributed by atoms with Crippen molar-refractivity contribution in [3.8, 4) is 0 Å². The molecular formula is C12H17BrClFN2. The standard InChI is InChI=1S/C12H16BrFN2.ClH/c1-15-10-4-5-16(8-10)7-9-2-3-12(14)11(13)6-9;/h2-3,6,10,15H,4-5,7-8H2,1H3;1H. The van der Waals surface area contributed by atoms with Gasteiger partial charge < -0.3 is 5.32 Å². The molecule has 17 heavy (non-hydrogen) atoms. The van der Waals surface area contributed by atoms with Crippen molar-refractivity contribution in [1.29, 1.82) is 0 Å². The smallest absolute Gasteiger partial charge is 0.137 e. The zero-order valence-electron chi connectivity index (χ0n) is 9.75. The summed E-state index contributed by atoms with van der Waals surface area (Å²) in [6.45, 7) is 3.09. The zero-order chi connectivity index (χ0) is 11.5. The van der Waals surface area contributed by atoms with Crippen molar-refractivity contribution in [2.75, 3.05) is 20.1 Å². The van der Waals surface area contributed by atoms with Crippen molar-refractivity contribution in [2.45, 2.75) is 19.0 Å². The van der Waals surface area contributed by atoms with Gasteiger partial charge in [0.05, 0.1) is 4.47 Å². The molecule has 2 rings (SSSR count). The van der Waals surface area contributed by atoms with E-state index in [-0.39, 0.29) is 18.2 Å². The lowest BCUT2D eigenvalue weighted by Crippen LogP contribution is -2.29. The summed E-state index contributed by atoms with van der Waals surface area (Å²) in [5, 5.41) is 3.29. The van der Waals surface area contributed by atoms with E-state index in [0.29, 0.717) is 10.5 Å². The molecule has 1 saturated heterocycles. The molecule has 0 saturated carbocycles. The lowest BCUT2D eigenvalue weighted by Gasteiger charge is -2.16. The SMILES string of the molecule is CNC1CCN(Cc2ccc(F)c(Br)c2)C1.Cl. The molecule has 1 fully saturated rings. The van der Waals surface area contributed by atoms with Crippen LogP contribution in [0.1, 0.15) is 12.0 Å². The molecule has 1 heterocycles.